The summed E-state index contributed by atoms with van der Waals surface area (Å²) in [5.41, 5.74) is 4.29. The van der Waals surface area contributed by atoms with Crippen molar-refractivity contribution in [3.63, 3.8) is 0 Å². The van der Waals surface area contributed by atoms with Gasteiger partial charge in [0.25, 0.3) is 11.4 Å². The summed E-state index contributed by atoms with van der Waals surface area (Å²) in [7, 11) is 0. The molecule has 0 aliphatic heterocycles. The molecule has 0 amide bonds. The van der Waals surface area contributed by atoms with E-state index in [1.165, 1.54) is 23.5 Å². The summed E-state index contributed by atoms with van der Waals surface area (Å²) in [6.07, 6.45) is 0. The second-order valence-corrected chi connectivity index (χ2v) is 8.81. The summed E-state index contributed by atoms with van der Waals surface area (Å²) in [6.45, 7) is 0. The van der Waals surface area contributed by atoms with Crippen LogP contribution in [0.1, 0.15) is 0 Å². The molecule has 35 heavy (non-hydrogen) atoms. The van der Waals surface area contributed by atoms with Crippen LogP contribution in [-0.2, 0) is 0 Å². The van der Waals surface area contributed by atoms with Gasteiger partial charge in [0, 0.05) is 23.3 Å². The molecule has 0 radical (unpaired) electrons. The van der Waals surface area contributed by atoms with E-state index in [-0.39, 0.29) is 11.4 Å². The molecular formula is C28H18N2O4S. The molecule has 0 saturated carbocycles. The van der Waals surface area contributed by atoms with Gasteiger partial charge < -0.3 is 0 Å². The fraction of sp³-hybridized carbons (Fsp3) is 0. The molecule has 1 heterocycles. The van der Waals surface area contributed by atoms with Crippen LogP contribution in [0.15, 0.2) is 109 Å². The maximum absolute atomic E-state index is 11.9. The van der Waals surface area contributed by atoms with Crippen molar-refractivity contribution < 1.29 is 9.85 Å². The van der Waals surface area contributed by atoms with Crippen molar-refractivity contribution in [3.8, 4) is 43.1 Å². The van der Waals surface area contributed by atoms with Crippen LogP contribution in [0, 0.1) is 20.2 Å². The third-order valence-electron chi connectivity index (χ3n) is 5.72. The number of hydrogen-bond acceptors (Lipinski definition) is 5. The van der Waals surface area contributed by atoms with Gasteiger partial charge in [-0.25, -0.2) is 0 Å². The number of benzene rings is 4. The molecule has 0 atom stereocenters. The van der Waals surface area contributed by atoms with Crippen LogP contribution < -0.4 is 0 Å². The Morgan fingerprint density at radius 2 is 0.829 bits per heavy atom. The fourth-order valence-electron chi connectivity index (χ4n) is 4.22. The van der Waals surface area contributed by atoms with Crippen molar-refractivity contribution >= 4 is 22.7 Å². The lowest BCUT2D eigenvalue weighted by molar-refractivity contribution is -0.384. The zero-order valence-electron chi connectivity index (χ0n) is 18.3. The standard InChI is InChI=1S/C28H18N2O4S/c31-29(32)23-17-9-7-15-21(23)27-25(19-11-3-1-4-12-19)26(20-13-5-2-6-14-20)28(35-27)22-16-8-10-18-24(22)30(33)34/h1-18H. The fourth-order valence-corrected chi connectivity index (χ4v) is 5.63. The normalized spacial score (nSPS) is 10.7. The van der Waals surface area contributed by atoms with Crippen molar-refractivity contribution in [1.29, 1.82) is 0 Å². The summed E-state index contributed by atoms with van der Waals surface area (Å²) < 4.78 is 0. The molecule has 0 bridgehead atoms. The molecule has 0 aliphatic rings. The number of nitro groups is 2. The molecule has 5 aromatic rings. The van der Waals surface area contributed by atoms with Gasteiger partial charge in [0.2, 0.25) is 0 Å². The maximum Gasteiger partial charge on any atom is 0.278 e. The second kappa shape index (κ2) is 9.32. The highest BCUT2D eigenvalue weighted by molar-refractivity contribution is 7.20. The van der Waals surface area contributed by atoms with Gasteiger partial charge in [0.1, 0.15) is 0 Å². The topological polar surface area (TPSA) is 86.3 Å². The lowest BCUT2D eigenvalue weighted by atomic mass is 9.91. The van der Waals surface area contributed by atoms with Gasteiger partial charge in [-0.15, -0.1) is 11.3 Å². The van der Waals surface area contributed by atoms with Gasteiger partial charge in [-0.3, -0.25) is 20.2 Å². The Kier molecular flexibility index (Phi) is 5.91. The van der Waals surface area contributed by atoms with E-state index in [9.17, 15) is 20.2 Å². The summed E-state index contributed by atoms with van der Waals surface area (Å²) in [5, 5.41) is 23.9. The van der Waals surface area contributed by atoms with Crippen molar-refractivity contribution in [1.82, 2.24) is 0 Å². The van der Waals surface area contributed by atoms with Crippen molar-refractivity contribution in [2.45, 2.75) is 0 Å². The Bertz CT molecular complexity index is 1430. The van der Waals surface area contributed by atoms with Gasteiger partial charge in [-0.2, -0.15) is 0 Å². The van der Waals surface area contributed by atoms with Crippen LogP contribution >= 0.6 is 11.3 Å². The van der Waals surface area contributed by atoms with Crippen LogP contribution in [0.4, 0.5) is 11.4 Å². The van der Waals surface area contributed by atoms with E-state index >= 15 is 0 Å². The quantitative estimate of drug-likeness (QED) is 0.182. The van der Waals surface area contributed by atoms with Crippen LogP contribution in [0.3, 0.4) is 0 Å². The first-order valence-electron chi connectivity index (χ1n) is 10.8. The number of nitrogens with zero attached hydrogens (tertiary/aromatic N) is 2. The SMILES string of the molecule is O=[N+]([O-])c1ccccc1-c1sc(-c2ccccc2[N+](=O)[O-])c(-c2ccccc2)c1-c1ccccc1. The maximum atomic E-state index is 11.9. The Morgan fingerprint density at radius 1 is 0.486 bits per heavy atom. The molecule has 7 heteroatoms. The largest absolute Gasteiger partial charge is 0.278 e. The average Bonchev–Trinajstić information content (AvgIpc) is 3.30. The Morgan fingerprint density at radius 3 is 1.20 bits per heavy atom. The van der Waals surface area contributed by atoms with E-state index in [4.69, 9.17) is 0 Å². The minimum Gasteiger partial charge on any atom is -0.258 e. The van der Waals surface area contributed by atoms with Crippen molar-refractivity contribution in [2.75, 3.05) is 0 Å². The van der Waals surface area contributed by atoms with Gasteiger partial charge in [0.15, 0.2) is 0 Å². The summed E-state index contributed by atoms with van der Waals surface area (Å²) in [4.78, 5) is 24.5. The predicted molar refractivity (Wildman–Crippen MR) is 139 cm³/mol. The highest BCUT2D eigenvalue weighted by Crippen LogP contribution is 2.54. The van der Waals surface area contributed by atoms with Crippen LogP contribution in [-0.4, -0.2) is 9.85 Å². The van der Waals surface area contributed by atoms with Gasteiger partial charge in [0.05, 0.1) is 30.7 Å². The van der Waals surface area contributed by atoms with E-state index in [0.29, 0.717) is 20.9 Å². The lowest BCUT2D eigenvalue weighted by Gasteiger charge is -2.11. The first-order valence-corrected chi connectivity index (χ1v) is 11.6. The molecule has 0 unspecified atom stereocenters. The first kappa shape index (κ1) is 22.2. The Balaban J connectivity index is 1.96. The van der Waals surface area contributed by atoms with Crippen molar-refractivity contribution in [3.05, 3.63) is 129 Å². The highest BCUT2D eigenvalue weighted by Gasteiger charge is 2.29. The molecule has 0 fully saturated rings. The second-order valence-electron chi connectivity index (χ2n) is 7.79. The Hall–Kier alpha value is -4.62. The van der Waals surface area contributed by atoms with Crippen LogP contribution in [0.25, 0.3) is 43.1 Å². The summed E-state index contributed by atoms with van der Waals surface area (Å²) in [5.74, 6) is 0. The molecule has 4 aromatic carbocycles. The number of hydrogen-bond donors (Lipinski definition) is 0. The molecule has 0 N–H and O–H groups in total. The van der Waals surface area contributed by atoms with E-state index in [1.54, 1.807) is 36.4 Å². The molecule has 5 rings (SSSR count). The summed E-state index contributed by atoms with van der Waals surface area (Å²) >= 11 is 1.34. The number of thiophene rings is 1. The minimum atomic E-state index is -0.392. The molecule has 6 nitrogen and oxygen atoms in total. The molecular weight excluding hydrogens is 460 g/mol. The zero-order chi connectivity index (χ0) is 24.4. The van der Waals surface area contributed by atoms with Crippen LogP contribution in [0.5, 0.6) is 0 Å². The number of para-hydroxylation sites is 2. The molecule has 0 spiro atoms. The Labute approximate surface area is 205 Å². The van der Waals surface area contributed by atoms with E-state index < -0.39 is 9.85 Å². The van der Waals surface area contributed by atoms with E-state index in [0.717, 1.165) is 22.3 Å². The van der Waals surface area contributed by atoms with Crippen molar-refractivity contribution in [2.24, 2.45) is 0 Å². The molecule has 1 aromatic heterocycles. The van der Waals surface area contributed by atoms with E-state index in [1.807, 2.05) is 60.7 Å². The van der Waals surface area contributed by atoms with E-state index in [2.05, 4.69) is 0 Å². The number of nitro benzene ring substituents is 2. The third kappa shape index (κ3) is 4.09. The van der Waals surface area contributed by atoms with Gasteiger partial charge in [-0.1, -0.05) is 84.9 Å². The number of rotatable bonds is 6. The molecule has 0 aliphatic carbocycles. The predicted octanol–water partition coefficient (Wildman–Crippen LogP) is 8.23. The average molecular weight is 479 g/mol. The lowest BCUT2D eigenvalue weighted by Crippen LogP contribution is -1.92. The first-order chi connectivity index (χ1) is 17.1. The highest BCUT2D eigenvalue weighted by atomic mass is 32.1. The van der Waals surface area contributed by atoms with Crippen LogP contribution in [0.2, 0.25) is 0 Å². The minimum absolute atomic E-state index is 0.0142. The molecule has 170 valence electrons. The van der Waals surface area contributed by atoms with Gasteiger partial charge in [-0.05, 0) is 23.3 Å². The zero-order valence-corrected chi connectivity index (χ0v) is 19.1. The van der Waals surface area contributed by atoms with Gasteiger partial charge >= 0.3 is 0 Å². The monoisotopic (exact) mass is 478 g/mol. The third-order valence-corrected chi connectivity index (χ3v) is 6.98. The summed E-state index contributed by atoms with van der Waals surface area (Å²) in [6, 6.07) is 32.5. The molecule has 0 saturated heterocycles. The smallest absolute Gasteiger partial charge is 0.258 e.